The lowest BCUT2D eigenvalue weighted by atomic mass is 9.82. The van der Waals surface area contributed by atoms with Crippen molar-refractivity contribution in [1.29, 1.82) is 0 Å². The van der Waals surface area contributed by atoms with Crippen molar-refractivity contribution in [3.8, 4) is 5.69 Å². The highest BCUT2D eigenvalue weighted by molar-refractivity contribution is 6.09. The average Bonchev–Trinajstić information content (AvgIpc) is 3.27. The summed E-state index contributed by atoms with van der Waals surface area (Å²) in [5.41, 5.74) is 3.41. The number of hydrazine groups is 1. The standard InChI is InChI=1S/C22H25N5O5/c1-3-32-19(29)17-13-23-26(14(17)2)16-9-7-15(8-10-16)18(28)25-27-20(30)22(24-21(27)31)11-5-4-6-12-22/h7-10,13H,3-6,11-12H2,1-2H3,(H,24,31)(H,25,28). The van der Waals surface area contributed by atoms with Gasteiger partial charge in [0.2, 0.25) is 0 Å². The number of nitrogens with zero attached hydrogens (tertiary/aromatic N) is 3. The van der Waals surface area contributed by atoms with Gasteiger partial charge >= 0.3 is 12.0 Å². The van der Waals surface area contributed by atoms with Gasteiger partial charge in [0, 0.05) is 5.56 Å². The number of benzene rings is 1. The molecule has 1 saturated heterocycles. The van der Waals surface area contributed by atoms with Crippen molar-refractivity contribution in [2.24, 2.45) is 0 Å². The molecule has 10 heteroatoms. The SMILES string of the molecule is CCOC(=O)c1cnn(-c2ccc(C(=O)NN3C(=O)NC4(CCCCC4)C3=O)cc2)c1C. The van der Waals surface area contributed by atoms with Gasteiger partial charge in [-0.25, -0.2) is 14.3 Å². The number of nitrogens with one attached hydrogen (secondary N) is 2. The molecule has 32 heavy (non-hydrogen) atoms. The number of rotatable bonds is 5. The van der Waals surface area contributed by atoms with Crippen LogP contribution in [0.25, 0.3) is 5.69 Å². The summed E-state index contributed by atoms with van der Waals surface area (Å²) < 4.78 is 6.59. The molecule has 1 aromatic heterocycles. The van der Waals surface area contributed by atoms with Crippen LogP contribution in [0, 0.1) is 6.92 Å². The maximum Gasteiger partial charge on any atom is 0.344 e. The fourth-order valence-corrected chi connectivity index (χ4v) is 4.22. The molecular formula is C22H25N5O5. The van der Waals surface area contributed by atoms with E-state index in [4.69, 9.17) is 4.74 Å². The van der Waals surface area contributed by atoms with Crippen molar-refractivity contribution in [3.63, 3.8) is 0 Å². The van der Waals surface area contributed by atoms with E-state index in [1.54, 1.807) is 42.8 Å². The van der Waals surface area contributed by atoms with E-state index in [1.165, 1.54) is 6.20 Å². The van der Waals surface area contributed by atoms with Gasteiger partial charge in [-0.3, -0.25) is 15.0 Å². The van der Waals surface area contributed by atoms with Gasteiger partial charge in [0.15, 0.2) is 0 Å². The van der Waals surface area contributed by atoms with Gasteiger partial charge in [0.1, 0.15) is 11.1 Å². The summed E-state index contributed by atoms with van der Waals surface area (Å²) in [6, 6.07) is 5.84. The number of hydrogen-bond acceptors (Lipinski definition) is 6. The number of amides is 4. The highest BCUT2D eigenvalue weighted by Gasteiger charge is 2.52. The molecule has 1 aromatic carbocycles. The van der Waals surface area contributed by atoms with Gasteiger partial charge in [-0.2, -0.15) is 10.1 Å². The maximum absolute atomic E-state index is 12.8. The first-order chi connectivity index (χ1) is 15.4. The van der Waals surface area contributed by atoms with Gasteiger partial charge in [-0.05, 0) is 51.0 Å². The predicted molar refractivity (Wildman–Crippen MR) is 113 cm³/mol. The average molecular weight is 439 g/mol. The van der Waals surface area contributed by atoms with E-state index in [1.807, 2.05) is 0 Å². The predicted octanol–water partition coefficient (Wildman–Crippen LogP) is 2.26. The molecule has 2 heterocycles. The first-order valence-electron chi connectivity index (χ1n) is 10.7. The quantitative estimate of drug-likeness (QED) is 0.544. The third-order valence-electron chi connectivity index (χ3n) is 5.96. The fourth-order valence-electron chi connectivity index (χ4n) is 4.22. The van der Waals surface area contributed by atoms with Crippen molar-refractivity contribution < 1.29 is 23.9 Å². The number of esters is 1. The minimum atomic E-state index is -0.902. The molecule has 0 unspecified atom stereocenters. The summed E-state index contributed by atoms with van der Waals surface area (Å²) in [5, 5.41) is 7.76. The Hall–Kier alpha value is -3.69. The zero-order valence-electron chi connectivity index (χ0n) is 18.0. The monoisotopic (exact) mass is 439 g/mol. The first kappa shape index (κ1) is 21.5. The van der Waals surface area contributed by atoms with Gasteiger partial charge in [-0.15, -0.1) is 0 Å². The van der Waals surface area contributed by atoms with Crippen molar-refractivity contribution in [2.45, 2.75) is 51.5 Å². The fraction of sp³-hybridized carbons (Fsp3) is 0.409. The van der Waals surface area contributed by atoms with Crippen molar-refractivity contribution in [2.75, 3.05) is 6.61 Å². The van der Waals surface area contributed by atoms with Crippen molar-refractivity contribution in [1.82, 2.24) is 25.5 Å². The van der Waals surface area contributed by atoms with Crippen LogP contribution in [0.5, 0.6) is 0 Å². The Morgan fingerprint density at radius 2 is 1.84 bits per heavy atom. The normalized spacial score (nSPS) is 17.4. The Morgan fingerprint density at radius 3 is 2.50 bits per heavy atom. The third kappa shape index (κ3) is 3.72. The molecule has 2 fully saturated rings. The molecule has 2 aromatic rings. The van der Waals surface area contributed by atoms with Crippen LogP contribution >= 0.6 is 0 Å². The molecule has 4 rings (SSSR count). The van der Waals surface area contributed by atoms with E-state index < -0.39 is 29.4 Å². The van der Waals surface area contributed by atoms with Crippen molar-refractivity contribution in [3.05, 3.63) is 47.3 Å². The van der Waals surface area contributed by atoms with Crippen LogP contribution in [0.2, 0.25) is 0 Å². The second kappa shape index (κ2) is 8.45. The lowest BCUT2D eigenvalue weighted by Crippen LogP contribution is -2.50. The second-order valence-electron chi connectivity index (χ2n) is 7.98. The third-order valence-corrected chi connectivity index (χ3v) is 5.96. The van der Waals surface area contributed by atoms with Crippen LogP contribution in [-0.2, 0) is 9.53 Å². The van der Waals surface area contributed by atoms with E-state index >= 15 is 0 Å². The van der Waals surface area contributed by atoms with Gasteiger partial charge in [0.05, 0.1) is 24.2 Å². The summed E-state index contributed by atoms with van der Waals surface area (Å²) in [5.74, 6) is -1.43. The molecule has 0 bridgehead atoms. The molecule has 1 aliphatic heterocycles. The number of carbonyl (C=O) groups is 4. The van der Waals surface area contributed by atoms with Crippen LogP contribution in [0.3, 0.4) is 0 Å². The molecule has 168 valence electrons. The molecule has 0 atom stereocenters. The highest BCUT2D eigenvalue weighted by Crippen LogP contribution is 2.33. The molecule has 1 aliphatic carbocycles. The molecule has 1 saturated carbocycles. The maximum atomic E-state index is 12.8. The van der Waals surface area contributed by atoms with Crippen LogP contribution in [0.15, 0.2) is 30.5 Å². The molecule has 1 spiro atoms. The van der Waals surface area contributed by atoms with E-state index in [-0.39, 0.29) is 12.2 Å². The van der Waals surface area contributed by atoms with Crippen LogP contribution < -0.4 is 10.7 Å². The summed E-state index contributed by atoms with van der Waals surface area (Å²) in [7, 11) is 0. The number of ether oxygens (including phenoxy) is 1. The number of urea groups is 1. The Kier molecular flexibility index (Phi) is 5.68. The van der Waals surface area contributed by atoms with E-state index in [0.29, 0.717) is 29.8 Å². The topological polar surface area (TPSA) is 123 Å². The molecule has 0 radical (unpaired) electrons. The van der Waals surface area contributed by atoms with Crippen molar-refractivity contribution >= 4 is 23.8 Å². The summed E-state index contributed by atoms with van der Waals surface area (Å²) in [6.45, 7) is 3.75. The minimum Gasteiger partial charge on any atom is -0.462 e. The van der Waals surface area contributed by atoms with Gasteiger partial charge in [-0.1, -0.05) is 19.3 Å². The molecule has 2 aliphatic rings. The highest BCUT2D eigenvalue weighted by atomic mass is 16.5. The number of carbonyl (C=O) groups excluding carboxylic acids is 4. The lowest BCUT2D eigenvalue weighted by molar-refractivity contribution is -0.134. The summed E-state index contributed by atoms with van der Waals surface area (Å²) in [4.78, 5) is 49.8. The molecule has 10 nitrogen and oxygen atoms in total. The number of hydrogen-bond donors (Lipinski definition) is 2. The Bertz CT molecular complexity index is 1070. The van der Waals surface area contributed by atoms with E-state index in [9.17, 15) is 19.2 Å². The molecule has 4 amide bonds. The summed E-state index contributed by atoms with van der Waals surface area (Å²) >= 11 is 0. The minimum absolute atomic E-state index is 0.270. The Morgan fingerprint density at radius 1 is 1.16 bits per heavy atom. The van der Waals surface area contributed by atoms with Gasteiger partial charge in [0.25, 0.3) is 11.8 Å². The van der Waals surface area contributed by atoms with E-state index in [0.717, 1.165) is 24.3 Å². The second-order valence-corrected chi connectivity index (χ2v) is 7.98. The zero-order chi connectivity index (χ0) is 22.9. The van der Waals surface area contributed by atoms with E-state index in [2.05, 4.69) is 15.8 Å². The van der Waals surface area contributed by atoms with Crippen LogP contribution in [0.1, 0.15) is 65.4 Å². The number of imide groups is 1. The Balaban J connectivity index is 1.47. The smallest absolute Gasteiger partial charge is 0.344 e. The lowest BCUT2D eigenvalue weighted by Gasteiger charge is -2.30. The molecular weight excluding hydrogens is 414 g/mol. The first-order valence-corrected chi connectivity index (χ1v) is 10.7. The molecule has 2 N–H and O–H groups in total. The Labute approximate surface area is 184 Å². The number of aromatic nitrogens is 2. The summed E-state index contributed by atoms with van der Waals surface area (Å²) in [6.07, 6.45) is 5.35. The van der Waals surface area contributed by atoms with Crippen LogP contribution in [0.4, 0.5) is 4.79 Å². The van der Waals surface area contributed by atoms with Crippen LogP contribution in [-0.4, -0.2) is 50.7 Å². The van der Waals surface area contributed by atoms with Gasteiger partial charge < -0.3 is 10.1 Å². The zero-order valence-corrected chi connectivity index (χ0v) is 18.0. The largest absolute Gasteiger partial charge is 0.462 e.